The molecular formula is C16H18N2O5. The first kappa shape index (κ1) is 16.7. The molecule has 2 rings (SSSR count). The third kappa shape index (κ3) is 3.08. The number of carbonyl (C=O) groups is 4. The number of hydrogen-bond acceptors (Lipinski definition) is 4. The highest BCUT2D eigenvalue weighted by molar-refractivity contribution is 6.22. The summed E-state index contributed by atoms with van der Waals surface area (Å²) in [6.07, 6.45) is -0.198. The first-order chi connectivity index (χ1) is 10.7. The van der Waals surface area contributed by atoms with Crippen molar-refractivity contribution < 1.29 is 24.3 Å². The smallest absolute Gasteiger partial charge is 0.305 e. The predicted molar refractivity (Wildman–Crippen MR) is 81.0 cm³/mol. The Morgan fingerprint density at radius 1 is 1.22 bits per heavy atom. The van der Waals surface area contributed by atoms with Gasteiger partial charge in [-0.2, -0.15) is 0 Å². The van der Waals surface area contributed by atoms with Crippen molar-refractivity contribution >= 4 is 23.7 Å². The quantitative estimate of drug-likeness (QED) is 0.814. The standard InChI is InChI=1S/C16H18N2O5/c1-9-4-5-11-12(8-9)16(23)18(15(11)22)10(2)14(21)17(3)7-6-13(19)20/h4-5,8,10H,6-7H2,1-3H3,(H,19,20). The van der Waals surface area contributed by atoms with Crippen molar-refractivity contribution in [3.63, 3.8) is 0 Å². The molecule has 7 heteroatoms. The molecule has 1 aliphatic rings. The van der Waals surface area contributed by atoms with E-state index in [4.69, 9.17) is 5.11 Å². The average Bonchev–Trinajstić information content (AvgIpc) is 2.74. The van der Waals surface area contributed by atoms with Gasteiger partial charge in [-0.25, -0.2) is 0 Å². The summed E-state index contributed by atoms with van der Waals surface area (Å²) in [4.78, 5) is 49.9. The fourth-order valence-electron chi connectivity index (χ4n) is 2.53. The van der Waals surface area contributed by atoms with Gasteiger partial charge in [-0.05, 0) is 26.0 Å². The summed E-state index contributed by atoms with van der Waals surface area (Å²) >= 11 is 0. The van der Waals surface area contributed by atoms with Gasteiger partial charge in [0.1, 0.15) is 6.04 Å². The molecule has 1 aliphatic heterocycles. The Kier molecular flexibility index (Phi) is 4.49. The summed E-state index contributed by atoms with van der Waals surface area (Å²) in [5.41, 5.74) is 1.43. The van der Waals surface area contributed by atoms with Crippen LogP contribution in [0.1, 0.15) is 39.6 Å². The van der Waals surface area contributed by atoms with E-state index in [0.29, 0.717) is 5.56 Å². The molecule has 1 aromatic carbocycles. The van der Waals surface area contributed by atoms with Gasteiger partial charge in [0.15, 0.2) is 0 Å². The highest BCUT2D eigenvalue weighted by Crippen LogP contribution is 2.26. The van der Waals surface area contributed by atoms with Crippen molar-refractivity contribution in [2.24, 2.45) is 0 Å². The van der Waals surface area contributed by atoms with Gasteiger partial charge >= 0.3 is 5.97 Å². The molecule has 7 nitrogen and oxygen atoms in total. The monoisotopic (exact) mass is 318 g/mol. The van der Waals surface area contributed by atoms with Crippen molar-refractivity contribution in [1.82, 2.24) is 9.80 Å². The topological polar surface area (TPSA) is 95.0 Å². The first-order valence-electron chi connectivity index (χ1n) is 7.19. The van der Waals surface area contributed by atoms with E-state index in [0.717, 1.165) is 10.5 Å². The number of aliphatic carboxylic acids is 1. The summed E-state index contributed by atoms with van der Waals surface area (Å²) in [6, 6.07) is 3.96. The zero-order valence-electron chi connectivity index (χ0n) is 13.2. The van der Waals surface area contributed by atoms with Gasteiger partial charge in [-0.15, -0.1) is 0 Å². The molecule has 1 aromatic rings. The third-order valence-electron chi connectivity index (χ3n) is 3.86. The van der Waals surface area contributed by atoms with Crippen LogP contribution in [0.3, 0.4) is 0 Å². The maximum Gasteiger partial charge on any atom is 0.305 e. The van der Waals surface area contributed by atoms with Crippen LogP contribution >= 0.6 is 0 Å². The molecule has 1 unspecified atom stereocenters. The number of likely N-dealkylation sites (N-methyl/N-ethyl adjacent to an activating group) is 1. The van der Waals surface area contributed by atoms with E-state index >= 15 is 0 Å². The normalized spacial score (nSPS) is 14.7. The Bertz CT molecular complexity index is 698. The summed E-state index contributed by atoms with van der Waals surface area (Å²) in [6.45, 7) is 3.30. The minimum atomic E-state index is -1.02. The number of carbonyl (C=O) groups excluding carboxylic acids is 3. The molecule has 1 heterocycles. The Hall–Kier alpha value is -2.70. The van der Waals surface area contributed by atoms with Crippen LogP contribution in [-0.4, -0.2) is 58.2 Å². The molecule has 0 saturated heterocycles. The van der Waals surface area contributed by atoms with E-state index in [1.807, 2.05) is 6.92 Å². The Balaban J connectivity index is 2.19. The molecule has 3 amide bonds. The number of aryl methyl sites for hydroxylation is 1. The number of rotatable bonds is 5. The molecule has 0 radical (unpaired) electrons. The minimum Gasteiger partial charge on any atom is -0.481 e. The molecule has 23 heavy (non-hydrogen) atoms. The predicted octanol–water partition coefficient (Wildman–Crippen LogP) is 0.913. The number of fused-ring (bicyclic) bond motifs is 1. The van der Waals surface area contributed by atoms with Crippen LogP contribution in [0.5, 0.6) is 0 Å². The molecule has 1 N–H and O–H groups in total. The highest BCUT2D eigenvalue weighted by atomic mass is 16.4. The average molecular weight is 318 g/mol. The lowest BCUT2D eigenvalue weighted by molar-refractivity contribution is -0.139. The van der Waals surface area contributed by atoms with Gasteiger partial charge in [-0.1, -0.05) is 11.6 Å². The van der Waals surface area contributed by atoms with Crippen LogP contribution in [-0.2, 0) is 9.59 Å². The second kappa shape index (κ2) is 6.20. The molecule has 0 saturated carbocycles. The minimum absolute atomic E-state index is 0.0147. The van der Waals surface area contributed by atoms with E-state index in [1.54, 1.807) is 18.2 Å². The van der Waals surface area contributed by atoms with Crippen LogP contribution in [0.15, 0.2) is 18.2 Å². The number of nitrogens with zero attached hydrogens (tertiary/aromatic N) is 2. The zero-order valence-corrected chi connectivity index (χ0v) is 13.2. The summed E-state index contributed by atoms with van der Waals surface area (Å²) in [5.74, 6) is -2.50. The van der Waals surface area contributed by atoms with Gasteiger partial charge in [0.25, 0.3) is 11.8 Å². The van der Waals surface area contributed by atoms with E-state index in [-0.39, 0.29) is 18.5 Å². The summed E-state index contributed by atoms with van der Waals surface area (Å²) < 4.78 is 0. The number of imide groups is 1. The lowest BCUT2D eigenvalue weighted by atomic mass is 10.1. The number of carboxylic acid groups (broad SMARTS) is 1. The highest BCUT2D eigenvalue weighted by Gasteiger charge is 2.41. The van der Waals surface area contributed by atoms with Crippen molar-refractivity contribution in [2.45, 2.75) is 26.3 Å². The molecule has 122 valence electrons. The van der Waals surface area contributed by atoms with Gasteiger partial charge in [0.2, 0.25) is 5.91 Å². The Morgan fingerprint density at radius 3 is 2.43 bits per heavy atom. The zero-order chi connectivity index (χ0) is 17.3. The van der Waals surface area contributed by atoms with E-state index in [1.165, 1.54) is 18.9 Å². The van der Waals surface area contributed by atoms with Gasteiger partial charge in [-0.3, -0.25) is 24.1 Å². The number of hydrogen-bond donors (Lipinski definition) is 1. The van der Waals surface area contributed by atoms with Crippen LogP contribution < -0.4 is 0 Å². The fourth-order valence-corrected chi connectivity index (χ4v) is 2.53. The van der Waals surface area contributed by atoms with E-state index < -0.39 is 29.7 Å². The second-order valence-corrected chi connectivity index (χ2v) is 5.61. The van der Waals surface area contributed by atoms with Gasteiger partial charge in [0, 0.05) is 13.6 Å². The van der Waals surface area contributed by atoms with Crippen molar-refractivity contribution in [1.29, 1.82) is 0 Å². The van der Waals surface area contributed by atoms with Gasteiger partial charge < -0.3 is 10.0 Å². The summed E-state index contributed by atoms with van der Waals surface area (Å²) in [5, 5.41) is 8.67. The molecular weight excluding hydrogens is 300 g/mol. The van der Waals surface area contributed by atoms with Crippen molar-refractivity contribution in [3.05, 3.63) is 34.9 Å². The Morgan fingerprint density at radius 2 is 1.83 bits per heavy atom. The molecule has 1 atom stereocenters. The lowest BCUT2D eigenvalue weighted by Crippen LogP contribution is -2.48. The molecule has 0 spiro atoms. The molecule has 0 bridgehead atoms. The fraction of sp³-hybridized carbons (Fsp3) is 0.375. The maximum absolute atomic E-state index is 12.4. The third-order valence-corrected chi connectivity index (χ3v) is 3.86. The van der Waals surface area contributed by atoms with Crippen LogP contribution in [0.2, 0.25) is 0 Å². The molecule has 0 aliphatic carbocycles. The lowest BCUT2D eigenvalue weighted by Gasteiger charge is -2.26. The van der Waals surface area contributed by atoms with E-state index in [2.05, 4.69) is 0 Å². The first-order valence-corrected chi connectivity index (χ1v) is 7.19. The Labute approximate surface area is 133 Å². The maximum atomic E-state index is 12.4. The second-order valence-electron chi connectivity index (χ2n) is 5.61. The van der Waals surface area contributed by atoms with Crippen LogP contribution in [0.25, 0.3) is 0 Å². The molecule has 0 fully saturated rings. The van der Waals surface area contributed by atoms with Crippen LogP contribution in [0, 0.1) is 6.92 Å². The van der Waals surface area contributed by atoms with E-state index in [9.17, 15) is 19.2 Å². The number of benzene rings is 1. The SMILES string of the molecule is Cc1ccc2c(c1)C(=O)N(C(C)C(=O)N(C)CCC(=O)O)C2=O. The van der Waals surface area contributed by atoms with Gasteiger partial charge in [0.05, 0.1) is 17.5 Å². The number of amides is 3. The summed E-state index contributed by atoms with van der Waals surface area (Å²) in [7, 11) is 1.45. The van der Waals surface area contributed by atoms with Crippen molar-refractivity contribution in [3.8, 4) is 0 Å². The van der Waals surface area contributed by atoms with Crippen molar-refractivity contribution in [2.75, 3.05) is 13.6 Å². The largest absolute Gasteiger partial charge is 0.481 e. The van der Waals surface area contributed by atoms with Crippen LogP contribution in [0.4, 0.5) is 0 Å². The molecule has 0 aromatic heterocycles. The number of carboxylic acids is 1.